The smallest absolute Gasteiger partial charge is 0.232 e. The van der Waals surface area contributed by atoms with E-state index in [4.69, 9.17) is 0 Å². The third-order valence-electron chi connectivity index (χ3n) is 6.37. The first-order valence-corrected chi connectivity index (χ1v) is 10.4. The molecule has 2 atom stereocenters. The Balaban J connectivity index is 1.48. The summed E-state index contributed by atoms with van der Waals surface area (Å²) in [7, 11) is 0. The molecular formula is C24H26N4O3. The Bertz CT molecular complexity index is 1040. The van der Waals surface area contributed by atoms with E-state index in [0.29, 0.717) is 30.6 Å². The molecule has 2 unspecified atom stereocenters. The lowest BCUT2D eigenvalue weighted by Crippen LogP contribution is -2.63. The van der Waals surface area contributed by atoms with Gasteiger partial charge >= 0.3 is 0 Å². The quantitative estimate of drug-likeness (QED) is 0.545. The number of anilines is 1. The van der Waals surface area contributed by atoms with E-state index in [1.54, 1.807) is 24.3 Å². The maximum atomic E-state index is 13.2. The number of azo groups is 1. The topological polar surface area (TPSA) is 100.0 Å². The van der Waals surface area contributed by atoms with Crippen molar-refractivity contribution in [2.75, 3.05) is 5.32 Å². The molecule has 2 aromatic carbocycles. The van der Waals surface area contributed by atoms with Gasteiger partial charge in [0.1, 0.15) is 0 Å². The number of amides is 3. The Labute approximate surface area is 181 Å². The first kappa shape index (κ1) is 20.9. The molecule has 1 heterocycles. The van der Waals surface area contributed by atoms with E-state index in [-0.39, 0.29) is 17.7 Å². The van der Waals surface area contributed by atoms with Crippen LogP contribution in [0.15, 0.2) is 64.8 Å². The van der Waals surface area contributed by atoms with Crippen LogP contribution >= 0.6 is 0 Å². The van der Waals surface area contributed by atoms with Crippen LogP contribution in [-0.2, 0) is 14.4 Å². The van der Waals surface area contributed by atoms with Crippen LogP contribution in [0.2, 0.25) is 0 Å². The summed E-state index contributed by atoms with van der Waals surface area (Å²) in [6.07, 6.45) is 1.25. The predicted octanol–water partition coefficient (Wildman–Crippen LogP) is 4.90. The first-order valence-electron chi connectivity index (χ1n) is 10.4. The average molecular weight is 418 g/mol. The number of hydrogen-bond acceptors (Lipinski definition) is 5. The molecule has 7 nitrogen and oxygen atoms in total. The van der Waals surface area contributed by atoms with Gasteiger partial charge in [0.25, 0.3) is 0 Å². The monoisotopic (exact) mass is 418 g/mol. The van der Waals surface area contributed by atoms with Gasteiger partial charge in [0.15, 0.2) is 0 Å². The van der Waals surface area contributed by atoms with Gasteiger partial charge in [-0.15, -0.1) is 0 Å². The highest BCUT2D eigenvalue weighted by atomic mass is 16.2. The second-order valence-corrected chi connectivity index (χ2v) is 9.53. The molecule has 2 bridgehead atoms. The van der Waals surface area contributed by atoms with Gasteiger partial charge in [0.2, 0.25) is 17.7 Å². The van der Waals surface area contributed by atoms with Crippen LogP contribution in [0.25, 0.3) is 0 Å². The molecule has 0 aromatic heterocycles. The van der Waals surface area contributed by atoms with Crippen molar-refractivity contribution in [3.63, 3.8) is 0 Å². The number of fused-ring (bicyclic) bond motifs is 2. The van der Waals surface area contributed by atoms with Crippen LogP contribution in [0.5, 0.6) is 0 Å². The van der Waals surface area contributed by atoms with Crippen LogP contribution in [0.1, 0.15) is 40.0 Å². The van der Waals surface area contributed by atoms with Crippen molar-refractivity contribution in [3.05, 3.63) is 54.6 Å². The Morgan fingerprint density at radius 3 is 1.87 bits per heavy atom. The van der Waals surface area contributed by atoms with Gasteiger partial charge in [-0.1, -0.05) is 39.0 Å². The minimum absolute atomic E-state index is 0.189. The van der Waals surface area contributed by atoms with E-state index < -0.39 is 16.2 Å². The minimum Gasteiger partial charge on any atom is -0.326 e. The standard InChI is InChI=1S/C24H26N4O3/c1-22(13-23(2)15-24(3,14-22)21(31)26-20(23)30)19(29)25-16-9-11-18(12-10-16)28-27-17-7-5-4-6-8-17/h4-12H,13-15H2,1-3H3,(H,25,29)(H,26,30,31). The van der Waals surface area contributed by atoms with Crippen molar-refractivity contribution < 1.29 is 14.4 Å². The van der Waals surface area contributed by atoms with Gasteiger partial charge in [-0.3, -0.25) is 19.7 Å². The SMILES string of the molecule is CC12CC(C)(CC(C)(C(=O)Nc3ccc(N=Nc4ccccc4)cc3)C1)C(=O)NC2=O. The second-order valence-electron chi connectivity index (χ2n) is 9.53. The molecule has 0 spiro atoms. The molecule has 1 saturated carbocycles. The summed E-state index contributed by atoms with van der Waals surface area (Å²) >= 11 is 0. The normalized spacial score (nSPS) is 30.2. The van der Waals surface area contributed by atoms with Crippen molar-refractivity contribution in [1.29, 1.82) is 0 Å². The van der Waals surface area contributed by atoms with Gasteiger partial charge < -0.3 is 5.32 Å². The third kappa shape index (κ3) is 4.00. The van der Waals surface area contributed by atoms with E-state index >= 15 is 0 Å². The molecular weight excluding hydrogens is 392 g/mol. The van der Waals surface area contributed by atoms with Crippen LogP contribution < -0.4 is 10.6 Å². The summed E-state index contributed by atoms with van der Waals surface area (Å²) in [4.78, 5) is 38.2. The first-order chi connectivity index (χ1) is 14.6. The van der Waals surface area contributed by atoms with E-state index in [1.807, 2.05) is 51.1 Å². The summed E-state index contributed by atoms with van der Waals surface area (Å²) in [6.45, 7) is 5.51. The van der Waals surface area contributed by atoms with E-state index in [2.05, 4.69) is 20.9 Å². The largest absolute Gasteiger partial charge is 0.326 e. The molecule has 1 aliphatic carbocycles. The molecule has 2 aliphatic rings. The Hall–Kier alpha value is -3.35. The Kier molecular flexibility index (Phi) is 5.00. The van der Waals surface area contributed by atoms with Gasteiger partial charge in [-0.05, 0) is 55.7 Å². The fourth-order valence-corrected chi connectivity index (χ4v) is 5.16. The molecule has 3 amide bonds. The Morgan fingerprint density at radius 2 is 1.32 bits per heavy atom. The number of nitrogens with zero attached hydrogens (tertiary/aromatic N) is 2. The number of rotatable bonds is 4. The summed E-state index contributed by atoms with van der Waals surface area (Å²) in [6, 6.07) is 16.5. The second kappa shape index (κ2) is 7.41. The lowest BCUT2D eigenvalue weighted by atomic mass is 9.52. The molecule has 1 saturated heterocycles. The Morgan fingerprint density at radius 1 is 0.806 bits per heavy atom. The van der Waals surface area contributed by atoms with Crippen molar-refractivity contribution in [1.82, 2.24) is 5.32 Å². The van der Waals surface area contributed by atoms with Crippen molar-refractivity contribution in [2.45, 2.75) is 40.0 Å². The molecule has 160 valence electrons. The van der Waals surface area contributed by atoms with Gasteiger partial charge in [-0.25, -0.2) is 0 Å². The molecule has 2 N–H and O–H groups in total. The number of imide groups is 1. The molecule has 1 aliphatic heterocycles. The van der Waals surface area contributed by atoms with Gasteiger partial charge in [0, 0.05) is 21.9 Å². The highest BCUT2D eigenvalue weighted by molar-refractivity contribution is 6.05. The highest BCUT2D eigenvalue weighted by Crippen LogP contribution is 2.56. The van der Waals surface area contributed by atoms with Gasteiger partial charge in [-0.2, -0.15) is 10.2 Å². The lowest BCUT2D eigenvalue weighted by Gasteiger charge is -2.53. The maximum absolute atomic E-state index is 13.2. The predicted molar refractivity (Wildman–Crippen MR) is 117 cm³/mol. The summed E-state index contributed by atoms with van der Waals surface area (Å²) in [5, 5.41) is 13.8. The lowest BCUT2D eigenvalue weighted by molar-refractivity contribution is -0.163. The number of benzene rings is 2. The molecule has 7 heteroatoms. The van der Waals surface area contributed by atoms with Crippen LogP contribution in [0.3, 0.4) is 0 Å². The number of piperidine rings is 1. The van der Waals surface area contributed by atoms with Crippen LogP contribution in [0, 0.1) is 16.2 Å². The van der Waals surface area contributed by atoms with Crippen molar-refractivity contribution in [3.8, 4) is 0 Å². The molecule has 2 aromatic rings. The number of nitrogens with one attached hydrogen (secondary N) is 2. The number of hydrogen-bond donors (Lipinski definition) is 2. The van der Waals surface area contributed by atoms with Gasteiger partial charge in [0.05, 0.1) is 11.4 Å². The fraction of sp³-hybridized carbons (Fsp3) is 0.375. The highest BCUT2D eigenvalue weighted by Gasteiger charge is 2.60. The number of carbonyl (C=O) groups excluding carboxylic acids is 3. The third-order valence-corrected chi connectivity index (χ3v) is 6.37. The van der Waals surface area contributed by atoms with E-state index in [0.717, 1.165) is 5.69 Å². The zero-order chi connectivity index (χ0) is 22.3. The van der Waals surface area contributed by atoms with E-state index in [1.165, 1.54) is 0 Å². The van der Waals surface area contributed by atoms with Crippen molar-refractivity contribution >= 4 is 34.8 Å². The summed E-state index contributed by atoms with van der Waals surface area (Å²) < 4.78 is 0. The zero-order valence-corrected chi connectivity index (χ0v) is 17.9. The summed E-state index contributed by atoms with van der Waals surface area (Å²) in [5.74, 6) is -0.769. The average Bonchev–Trinajstić information content (AvgIpc) is 2.72. The van der Waals surface area contributed by atoms with Crippen LogP contribution in [0.4, 0.5) is 17.1 Å². The molecule has 4 rings (SSSR count). The minimum atomic E-state index is -0.832. The summed E-state index contributed by atoms with van der Waals surface area (Å²) in [5.41, 5.74) is -0.255. The maximum Gasteiger partial charge on any atom is 0.232 e. The molecule has 31 heavy (non-hydrogen) atoms. The fourth-order valence-electron chi connectivity index (χ4n) is 5.16. The zero-order valence-electron chi connectivity index (χ0n) is 17.9. The van der Waals surface area contributed by atoms with Crippen molar-refractivity contribution in [2.24, 2.45) is 26.5 Å². The van der Waals surface area contributed by atoms with Crippen LogP contribution in [-0.4, -0.2) is 17.7 Å². The van der Waals surface area contributed by atoms with E-state index in [9.17, 15) is 14.4 Å². The molecule has 2 fully saturated rings. The number of carbonyl (C=O) groups is 3. The molecule has 0 radical (unpaired) electrons.